The summed E-state index contributed by atoms with van der Waals surface area (Å²) >= 11 is 0. The highest BCUT2D eigenvalue weighted by atomic mass is 16.5. The molecule has 0 unspecified atom stereocenters. The Morgan fingerprint density at radius 2 is 1.94 bits per heavy atom. The zero-order valence-corrected chi connectivity index (χ0v) is 18.7. The summed E-state index contributed by atoms with van der Waals surface area (Å²) in [5.41, 5.74) is 1.51. The van der Waals surface area contributed by atoms with Crippen LogP contribution in [0.4, 0.5) is 0 Å². The van der Waals surface area contributed by atoms with E-state index in [2.05, 4.69) is 10.2 Å². The van der Waals surface area contributed by atoms with Gasteiger partial charge < -0.3 is 19.4 Å². The van der Waals surface area contributed by atoms with Crippen molar-refractivity contribution in [3.8, 4) is 0 Å². The van der Waals surface area contributed by atoms with E-state index in [9.17, 15) is 14.4 Å². The molecule has 2 heterocycles. The van der Waals surface area contributed by atoms with Gasteiger partial charge in [-0.3, -0.25) is 19.5 Å². The van der Waals surface area contributed by atoms with Gasteiger partial charge in [-0.15, -0.1) is 0 Å². The molecule has 172 valence electrons. The van der Waals surface area contributed by atoms with Gasteiger partial charge in [-0.1, -0.05) is 30.3 Å². The minimum atomic E-state index is -0.465. The third-order valence-corrected chi connectivity index (χ3v) is 5.63. The van der Waals surface area contributed by atoms with Crippen LogP contribution in [-0.4, -0.2) is 94.6 Å². The molecule has 32 heavy (non-hydrogen) atoms. The number of rotatable bonds is 9. The molecule has 0 aliphatic carbocycles. The van der Waals surface area contributed by atoms with Crippen LogP contribution in [0.2, 0.25) is 0 Å². The fourth-order valence-electron chi connectivity index (χ4n) is 3.77. The average molecular weight is 442 g/mol. The Labute approximate surface area is 188 Å². The van der Waals surface area contributed by atoms with E-state index in [1.807, 2.05) is 44.2 Å². The molecule has 1 N–H and O–H groups in total. The summed E-state index contributed by atoms with van der Waals surface area (Å²) in [5, 5.41) is 6.45. The zero-order chi connectivity index (χ0) is 22.9. The van der Waals surface area contributed by atoms with Crippen molar-refractivity contribution in [1.82, 2.24) is 24.9 Å². The first-order valence-electron chi connectivity index (χ1n) is 11.0. The number of aromatic nitrogens is 2. The number of carbonyl (C=O) groups is 3. The van der Waals surface area contributed by atoms with Crippen molar-refractivity contribution in [1.29, 1.82) is 0 Å². The van der Waals surface area contributed by atoms with Crippen molar-refractivity contribution in [2.24, 2.45) is 0 Å². The van der Waals surface area contributed by atoms with E-state index in [1.165, 1.54) is 17.3 Å². The third kappa shape index (κ3) is 6.16. The summed E-state index contributed by atoms with van der Waals surface area (Å²) in [5.74, 6) is -0.534. The van der Waals surface area contributed by atoms with Crippen LogP contribution in [0.1, 0.15) is 29.8 Å². The van der Waals surface area contributed by atoms with E-state index in [4.69, 9.17) is 4.74 Å². The molecule has 0 radical (unpaired) electrons. The second-order valence-electron chi connectivity index (χ2n) is 7.75. The predicted octanol–water partition coefficient (Wildman–Crippen LogP) is 1.19. The zero-order valence-electron chi connectivity index (χ0n) is 18.7. The van der Waals surface area contributed by atoms with E-state index in [1.54, 1.807) is 9.80 Å². The van der Waals surface area contributed by atoms with Crippen molar-refractivity contribution in [3.63, 3.8) is 0 Å². The topological polar surface area (TPSA) is 98.8 Å². The van der Waals surface area contributed by atoms with Crippen LogP contribution < -0.4 is 0 Å². The van der Waals surface area contributed by atoms with Crippen LogP contribution in [0.5, 0.6) is 0 Å². The van der Waals surface area contributed by atoms with Gasteiger partial charge in [0.15, 0.2) is 0 Å². The summed E-state index contributed by atoms with van der Waals surface area (Å²) in [4.78, 5) is 43.2. The number of ether oxygens (including phenoxy) is 1. The van der Waals surface area contributed by atoms with Crippen molar-refractivity contribution < 1.29 is 19.1 Å². The van der Waals surface area contributed by atoms with E-state index >= 15 is 0 Å². The molecule has 0 spiro atoms. The van der Waals surface area contributed by atoms with Gasteiger partial charge in [0, 0.05) is 38.9 Å². The number of hydrogen-bond donors (Lipinski definition) is 1. The van der Waals surface area contributed by atoms with Gasteiger partial charge in [0.2, 0.25) is 11.8 Å². The molecule has 9 nitrogen and oxygen atoms in total. The number of likely N-dealkylation sites (N-methyl/N-ethyl adjacent to an activating group) is 1. The first-order valence-corrected chi connectivity index (χ1v) is 11.0. The number of amides is 3. The molecule has 3 rings (SSSR count). The van der Waals surface area contributed by atoms with Crippen LogP contribution in [0, 0.1) is 0 Å². The molecule has 0 bridgehead atoms. The van der Waals surface area contributed by atoms with E-state index < -0.39 is 6.10 Å². The Kier molecular flexibility index (Phi) is 8.38. The van der Waals surface area contributed by atoms with Crippen molar-refractivity contribution >= 4 is 17.7 Å². The molecule has 1 atom stereocenters. The van der Waals surface area contributed by atoms with Crippen LogP contribution in [0.25, 0.3) is 0 Å². The Bertz CT molecular complexity index is 883. The van der Waals surface area contributed by atoms with Gasteiger partial charge in [-0.25, -0.2) is 0 Å². The van der Waals surface area contributed by atoms with Crippen molar-refractivity contribution in [2.45, 2.75) is 26.4 Å². The van der Waals surface area contributed by atoms with Crippen LogP contribution >= 0.6 is 0 Å². The Hall–Kier alpha value is -3.20. The van der Waals surface area contributed by atoms with E-state index in [0.717, 1.165) is 5.56 Å². The lowest BCUT2D eigenvalue weighted by atomic mass is 10.1. The monoisotopic (exact) mass is 441 g/mol. The maximum Gasteiger partial charge on any atom is 0.257 e. The highest BCUT2D eigenvalue weighted by Gasteiger charge is 2.32. The number of benzene rings is 1. The predicted molar refractivity (Wildman–Crippen MR) is 119 cm³/mol. The maximum absolute atomic E-state index is 13.0. The Morgan fingerprint density at radius 1 is 1.19 bits per heavy atom. The molecule has 0 saturated carbocycles. The number of aromatic amines is 1. The number of nitrogens with one attached hydrogen (secondary N) is 1. The van der Waals surface area contributed by atoms with Gasteiger partial charge in [-0.2, -0.15) is 5.10 Å². The van der Waals surface area contributed by atoms with Crippen LogP contribution in [-0.2, 0) is 20.7 Å². The van der Waals surface area contributed by atoms with Crippen molar-refractivity contribution in [2.75, 3.05) is 45.9 Å². The van der Waals surface area contributed by atoms with E-state index in [0.29, 0.717) is 38.2 Å². The largest absolute Gasteiger partial charge is 0.365 e. The SMILES string of the molecule is CCN(CC)C(=O)CO[C@@H]1CN(CCc2ccccc2)C(=O)CN(C(=O)c2cn[nH]c2)C1. The molecule has 1 aromatic heterocycles. The smallest absolute Gasteiger partial charge is 0.257 e. The number of nitrogens with zero attached hydrogens (tertiary/aromatic N) is 4. The second-order valence-corrected chi connectivity index (χ2v) is 7.75. The van der Waals surface area contributed by atoms with Gasteiger partial charge in [0.25, 0.3) is 5.91 Å². The van der Waals surface area contributed by atoms with E-state index in [-0.39, 0.29) is 37.4 Å². The number of H-pyrrole nitrogens is 1. The van der Waals surface area contributed by atoms with Gasteiger partial charge in [0.05, 0.1) is 17.9 Å². The highest BCUT2D eigenvalue weighted by molar-refractivity contribution is 5.96. The normalized spacial score (nSPS) is 16.7. The van der Waals surface area contributed by atoms with Crippen LogP contribution in [0.15, 0.2) is 42.7 Å². The van der Waals surface area contributed by atoms with Gasteiger partial charge in [-0.05, 0) is 25.8 Å². The molecule has 9 heteroatoms. The summed E-state index contributed by atoms with van der Waals surface area (Å²) in [6.07, 6.45) is 3.18. The third-order valence-electron chi connectivity index (χ3n) is 5.63. The Balaban J connectivity index is 1.71. The molecule has 1 saturated heterocycles. The fraction of sp³-hybridized carbons (Fsp3) is 0.478. The average Bonchev–Trinajstić information content (AvgIpc) is 3.29. The molecule has 1 aliphatic rings. The summed E-state index contributed by atoms with van der Waals surface area (Å²) in [7, 11) is 0. The number of carbonyl (C=O) groups excluding carboxylic acids is 3. The lowest BCUT2D eigenvalue weighted by molar-refractivity contribution is -0.138. The first kappa shape index (κ1) is 23.5. The molecular weight excluding hydrogens is 410 g/mol. The first-order chi connectivity index (χ1) is 15.5. The van der Waals surface area contributed by atoms with Crippen LogP contribution in [0.3, 0.4) is 0 Å². The quantitative estimate of drug-likeness (QED) is 0.630. The Morgan fingerprint density at radius 3 is 2.59 bits per heavy atom. The minimum Gasteiger partial charge on any atom is -0.365 e. The maximum atomic E-state index is 13.0. The molecular formula is C23H31N5O4. The molecule has 1 aliphatic heterocycles. The molecule has 2 aromatic rings. The standard InChI is InChI=1S/C23H31N5O4/c1-3-26(4-2)22(30)17-32-20-14-27(11-10-18-8-6-5-7-9-18)21(29)16-28(15-20)23(31)19-12-24-25-13-19/h5-9,12-13,20H,3-4,10-11,14-17H2,1-2H3,(H,24,25)/t20-/m1/s1. The fourth-order valence-corrected chi connectivity index (χ4v) is 3.77. The summed E-state index contributed by atoms with van der Waals surface area (Å²) < 4.78 is 5.94. The summed E-state index contributed by atoms with van der Waals surface area (Å²) in [6.45, 7) is 6.00. The van der Waals surface area contributed by atoms with Crippen molar-refractivity contribution in [3.05, 3.63) is 53.9 Å². The lowest BCUT2D eigenvalue weighted by Gasteiger charge is -2.26. The minimum absolute atomic E-state index is 0.0390. The summed E-state index contributed by atoms with van der Waals surface area (Å²) in [6, 6.07) is 9.93. The molecule has 1 fully saturated rings. The number of hydrogen-bond acceptors (Lipinski definition) is 5. The molecule has 1 aromatic carbocycles. The van der Waals surface area contributed by atoms with Gasteiger partial charge in [0.1, 0.15) is 13.2 Å². The second kappa shape index (κ2) is 11.4. The molecule has 3 amide bonds. The highest BCUT2D eigenvalue weighted by Crippen LogP contribution is 2.13. The van der Waals surface area contributed by atoms with Gasteiger partial charge >= 0.3 is 0 Å². The lowest BCUT2D eigenvalue weighted by Crippen LogP contribution is -2.41.